The van der Waals surface area contributed by atoms with Gasteiger partial charge < -0.3 is 14.3 Å². The van der Waals surface area contributed by atoms with E-state index in [1.165, 1.54) is 11.1 Å². The molecule has 0 saturated carbocycles. The molecule has 0 radical (unpaired) electrons. The number of nitrogens with zero attached hydrogens (tertiary/aromatic N) is 4. The third-order valence-corrected chi connectivity index (χ3v) is 5.36. The minimum atomic E-state index is -0.0867. The Morgan fingerprint density at radius 3 is 2.50 bits per heavy atom. The summed E-state index contributed by atoms with van der Waals surface area (Å²) in [6.45, 7) is 4.68. The van der Waals surface area contributed by atoms with Crippen molar-refractivity contribution in [1.29, 1.82) is 0 Å². The molecule has 1 saturated heterocycles. The molecule has 1 aliphatic rings. The average molecular weight is 376 g/mol. The molecule has 1 amide bonds. The van der Waals surface area contributed by atoms with Crippen LogP contribution < -0.4 is 9.80 Å². The SMILES string of the molecule is Cc1ccc(N2CC(c3nc(-c4ccc(N(C)C)cc4)no3)CC2=O)cc1C. The molecule has 1 fully saturated rings. The first-order valence-electron chi connectivity index (χ1n) is 9.41. The third-order valence-electron chi connectivity index (χ3n) is 5.36. The van der Waals surface area contributed by atoms with E-state index in [-0.39, 0.29) is 11.8 Å². The zero-order valence-electron chi connectivity index (χ0n) is 16.6. The van der Waals surface area contributed by atoms with Crippen molar-refractivity contribution in [2.75, 3.05) is 30.4 Å². The molecule has 0 aliphatic carbocycles. The van der Waals surface area contributed by atoms with Crippen LogP contribution in [0, 0.1) is 13.8 Å². The summed E-state index contributed by atoms with van der Waals surface area (Å²) in [5, 5.41) is 4.12. The van der Waals surface area contributed by atoms with Gasteiger partial charge in [-0.05, 0) is 61.4 Å². The molecule has 3 aromatic rings. The lowest BCUT2D eigenvalue weighted by atomic mass is 10.1. The van der Waals surface area contributed by atoms with Crippen LogP contribution in [0.3, 0.4) is 0 Å². The van der Waals surface area contributed by atoms with E-state index in [2.05, 4.69) is 30.1 Å². The van der Waals surface area contributed by atoms with E-state index in [9.17, 15) is 4.79 Å². The van der Waals surface area contributed by atoms with Crippen molar-refractivity contribution < 1.29 is 9.32 Å². The Labute approximate surface area is 164 Å². The van der Waals surface area contributed by atoms with Gasteiger partial charge in [0, 0.05) is 44.0 Å². The number of anilines is 2. The molecule has 1 aromatic heterocycles. The number of aromatic nitrogens is 2. The Hall–Kier alpha value is -3.15. The van der Waals surface area contributed by atoms with E-state index < -0.39 is 0 Å². The molecule has 1 aliphatic heterocycles. The van der Waals surface area contributed by atoms with E-state index in [0.29, 0.717) is 24.7 Å². The van der Waals surface area contributed by atoms with Crippen molar-refractivity contribution in [2.24, 2.45) is 0 Å². The molecule has 1 unspecified atom stereocenters. The molecule has 144 valence electrons. The summed E-state index contributed by atoms with van der Waals surface area (Å²) in [6.07, 6.45) is 0.383. The van der Waals surface area contributed by atoms with Gasteiger partial charge in [-0.25, -0.2) is 0 Å². The van der Waals surface area contributed by atoms with Crippen molar-refractivity contribution >= 4 is 17.3 Å². The van der Waals surface area contributed by atoms with Crippen LogP contribution in [0.15, 0.2) is 47.0 Å². The van der Waals surface area contributed by atoms with Crippen LogP contribution in [0.4, 0.5) is 11.4 Å². The standard InChI is InChI=1S/C22H24N4O2/c1-14-5-8-19(11-15(14)2)26-13-17(12-20(26)27)22-23-21(24-28-22)16-6-9-18(10-7-16)25(3)4/h5-11,17H,12-13H2,1-4H3. The van der Waals surface area contributed by atoms with Gasteiger partial charge in [-0.3, -0.25) is 4.79 Å². The average Bonchev–Trinajstić information content (AvgIpc) is 3.31. The second-order valence-electron chi connectivity index (χ2n) is 7.57. The van der Waals surface area contributed by atoms with E-state index in [1.54, 1.807) is 0 Å². The second kappa shape index (κ2) is 7.11. The van der Waals surface area contributed by atoms with Crippen LogP contribution in [0.2, 0.25) is 0 Å². The monoisotopic (exact) mass is 376 g/mol. The molecule has 2 heterocycles. The van der Waals surface area contributed by atoms with Gasteiger partial charge in [0.25, 0.3) is 0 Å². The summed E-state index contributed by atoms with van der Waals surface area (Å²) < 4.78 is 5.51. The predicted octanol–water partition coefficient (Wildman–Crippen LogP) is 3.94. The Morgan fingerprint density at radius 2 is 1.82 bits per heavy atom. The molecular formula is C22H24N4O2. The Bertz CT molecular complexity index is 1010. The first kappa shape index (κ1) is 18.2. The van der Waals surface area contributed by atoms with Crippen molar-refractivity contribution in [2.45, 2.75) is 26.2 Å². The number of carbonyl (C=O) groups excluding carboxylic acids is 1. The minimum Gasteiger partial charge on any atom is -0.378 e. The van der Waals surface area contributed by atoms with Crippen LogP contribution in [0.1, 0.15) is 29.4 Å². The fourth-order valence-corrected chi connectivity index (χ4v) is 3.44. The van der Waals surface area contributed by atoms with Crippen molar-refractivity contribution in [3.8, 4) is 11.4 Å². The van der Waals surface area contributed by atoms with Crippen molar-refractivity contribution in [3.05, 3.63) is 59.5 Å². The van der Waals surface area contributed by atoms with Crippen LogP contribution >= 0.6 is 0 Å². The minimum absolute atomic E-state index is 0.0864. The fourth-order valence-electron chi connectivity index (χ4n) is 3.44. The molecule has 2 aromatic carbocycles. The normalized spacial score (nSPS) is 16.6. The zero-order valence-corrected chi connectivity index (χ0v) is 16.6. The fraction of sp³-hybridized carbons (Fsp3) is 0.318. The third kappa shape index (κ3) is 3.38. The molecule has 1 atom stereocenters. The lowest BCUT2D eigenvalue weighted by molar-refractivity contribution is -0.117. The number of hydrogen-bond acceptors (Lipinski definition) is 5. The number of aryl methyl sites for hydroxylation is 2. The maximum absolute atomic E-state index is 12.6. The molecular weight excluding hydrogens is 352 g/mol. The highest BCUT2D eigenvalue weighted by atomic mass is 16.5. The van der Waals surface area contributed by atoms with E-state index in [1.807, 2.05) is 60.3 Å². The lowest BCUT2D eigenvalue weighted by Crippen LogP contribution is -2.24. The summed E-state index contributed by atoms with van der Waals surface area (Å²) in [5.41, 5.74) is 5.33. The Balaban J connectivity index is 1.53. The van der Waals surface area contributed by atoms with Crippen molar-refractivity contribution in [3.63, 3.8) is 0 Å². The van der Waals surface area contributed by atoms with E-state index in [4.69, 9.17) is 4.52 Å². The highest BCUT2D eigenvalue weighted by Gasteiger charge is 2.35. The first-order chi connectivity index (χ1) is 13.4. The second-order valence-corrected chi connectivity index (χ2v) is 7.57. The summed E-state index contributed by atoms with van der Waals surface area (Å²) in [7, 11) is 4.00. The van der Waals surface area contributed by atoms with Gasteiger partial charge in [0.15, 0.2) is 0 Å². The molecule has 4 rings (SSSR count). The summed E-state index contributed by atoms with van der Waals surface area (Å²) in [6, 6.07) is 14.1. The smallest absolute Gasteiger partial charge is 0.232 e. The molecule has 0 N–H and O–H groups in total. The van der Waals surface area contributed by atoms with Gasteiger partial charge in [-0.2, -0.15) is 4.98 Å². The lowest BCUT2D eigenvalue weighted by Gasteiger charge is -2.17. The van der Waals surface area contributed by atoms with Crippen LogP contribution in [-0.2, 0) is 4.79 Å². The van der Waals surface area contributed by atoms with Gasteiger partial charge in [0.05, 0.1) is 5.92 Å². The van der Waals surface area contributed by atoms with E-state index >= 15 is 0 Å². The number of hydrogen-bond donors (Lipinski definition) is 0. The van der Waals surface area contributed by atoms with Crippen LogP contribution in [-0.4, -0.2) is 36.7 Å². The topological polar surface area (TPSA) is 62.5 Å². The van der Waals surface area contributed by atoms with Gasteiger partial charge in [-0.15, -0.1) is 0 Å². The van der Waals surface area contributed by atoms with Gasteiger partial charge in [0.2, 0.25) is 17.6 Å². The van der Waals surface area contributed by atoms with Gasteiger partial charge in [0.1, 0.15) is 0 Å². The molecule has 6 nitrogen and oxygen atoms in total. The zero-order chi connectivity index (χ0) is 19.8. The summed E-state index contributed by atoms with van der Waals surface area (Å²) in [4.78, 5) is 21.0. The predicted molar refractivity (Wildman–Crippen MR) is 110 cm³/mol. The molecule has 0 bridgehead atoms. The van der Waals surface area contributed by atoms with Crippen molar-refractivity contribution in [1.82, 2.24) is 10.1 Å². The van der Waals surface area contributed by atoms with Gasteiger partial charge in [-0.1, -0.05) is 11.2 Å². The summed E-state index contributed by atoms with van der Waals surface area (Å²) in [5.74, 6) is 1.07. The maximum Gasteiger partial charge on any atom is 0.232 e. The number of rotatable bonds is 4. The van der Waals surface area contributed by atoms with Gasteiger partial charge >= 0.3 is 0 Å². The Kier molecular flexibility index (Phi) is 4.63. The molecule has 28 heavy (non-hydrogen) atoms. The number of carbonyl (C=O) groups is 1. The molecule has 6 heteroatoms. The number of amides is 1. The highest BCUT2D eigenvalue weighted by Crippen LogP contribution is 2.32. The molecule has 0 spiro atoms. The summed E-state index contributed by atoms with van der Waals surface area (Å²) >= 11 is 0. The first-order valence-corrected chi connectivity index (χ1v) is 9.41. The largest absolute Gasteiger partial charge is 0.378 e. The quantitative estimate of drug-likeness (QED) is 0.690. The van der Waals surface area contributed by atoms with Crippen LogP contribution in [0.25, 0.3) is 11.4 Å². The number of benzene rings is 2. The van der Waals surface area contributed by atoms with E-state index in [0.717, 1.165) is 16.9 Å². The van der Waals surface area contributed by atoms with Crippen LogP contribution in [0.5, 0.6) is 0 Å². The maximum atomic E-state index is 12.6. The Morgan fingerprint density at radius 1 is 1.07 bits per heavy atom. The highest BCUT2D eigenvalue weighted by molar-refractivity contribution is 5.96.